The van der Waals surface area contributed by atoms with E-state index in [9.17, 15) is 18.0 Å². The highest BCUT2D eigenvalue weighted by atomic mass is 19.4. The lowest BCUT2D eigenvalue weighted by molar-refractivity contribution is -0.274. The van der Waals surface area contributed by atoms with Gasteiger partial charge >= 0.3 is 6.36 Å². The zero-order valence-electron chi connectivity index (χ0n) is 15.8. The number of alkyl halides is 3. The highest BCUT2D eigenvalue weighted by molar-refractivity contribution is 6.12. The minimum absolute atomic E-state index is 0.0784. The number of amides is 1. The zero-order valence-corrected chi connectivity index (χ0v) is 15.8. The largest absolute Gasteiger partial charge is 0.573 e. The Morgan fingerprint density at radius 2 is 1.96 bits per heavy atom. The summed E-state index contributed by atoms with van der Waals surface area (Å²) in [5.41, 5.74) is 2.48. The number of halogens is 3. The highest BCUT2D eigenvalue weighted by Gasteiger charge is 2.31. The van der Waals surface area contributed by atoms with Crippen molar-refractivity contribution in [3.8, 4) is 5.75 Å². The van der Waals surface area contributed by atoms with Crippen LogP contribution in [0.2, 0.25) is 0 Å². The fraction of sp³-hybridized carbons (Fsp3) is 0.316. The number of ether oxygens (including phenoxy) is 1. The lowest BCUT2D eigenvalue weighted by Gasteiger charge is -2.12. The number of nitrogens with one attached hydrogen (secondary N) is 1. The van der Waals surface area contributed by atoms with Gasteiger partial charge in [0.2, 0.25) is 0 Å². The molecule has 0 saturated carbocycles. The molecule has 3 aromatic rings. The van der Waals surface area contributed by atoms with Crippen molar-refractivity contribution in [3.05, 3.63) is 47.3 Å². The number of carbonyl (C=O) groups excluding carboxylic acids is 1. The van der Waals surface area contributed by atoms with Crippen LogP contribution in [0, 0.1) is 6.92 Å². The van der Waals surface area contributed by atoms with Crippen LogP contribution in [0.5, 0.6) is 5.75 Å². The molecule has 0 unspecified atom stereocenters. The Morgan fingerprint density at radius 1 is 1.25 bits per heavy atom. The molecule has 0 radical (unpaired) electrons. The maximum Gasteiger partial charge on any atom is 0.573 e. The minimum atomic E-state index is -4.81. The molecule has 0 saturated heterocycles. The lowest BCUT2D eigenvalue weighted by atomic mass is 10.0. The van der Waals surface area contributed by atoms with Gasteiger partial charge in [0, 0.05) is 24.5 Å². The summed E-state index contributed by atoms with van der Waals surface area (Å²) in [6.45, 7) is 5.68. The molecule has 148 valence electrons. The summed E-state index contributed by atoms with van der Waals surface area (Å²) < 4.78 is 42.7. The molecule has 0 aliphatic heterocycles. The first-order valence-electron chi connectivity index (χ1n) is 8.56. The maximum atomic E-state index is 12.9. The number of hydrogen-bond donors (Lipinski definition) is 1. The van der Waals surface area contributed by atoms with Crippen LogP contribution in [0.25, 0.3) is 11.0 Å². The number of aromatic nitrogens is 3. The fourth-order valence-electron chi connectivity index (χ4n) is 2.91. The number of aryl methyl sites for hydroxylation is 2. The van der Waals surface area contributed by atoms with Crippen molar-refractivity contribution in [2.75, 3.05) is 5.32 Å². The summed E-state index contributed by atoms with van der Waals surface area (Å²) in [5, 5.41) is 7.56. The molecule has 1 aromatic carbocycles. The molecule has 1 amide bonds. The van der Waals surface area contributed by atoms with Crippen molar-refractivity contribution in [1.82, 2.24) is 14.8 Å². The number of nitrogens with zero attached hydrogens (tertiary/aromatic N) is 3. The first-order valence-corrected chi connectivity index (χ1v) is 8.56. The third kappa shape index (κ3) is 4.08. The average Bonchev–Trinajstić information content (AvgIpc) is 2.87. The molecule has 2 heterocycles. The van der Waals surface area contributed by atoms with Crippen molar-refractivity contribution in [2.24, 2.45) is 7.05 Å². The van der Waals surface area contributed by atoms with Crippen molar-refractivity contribution in [3.63, 3.8) is 0 Å². The van der Waals surface area contributed by atoms with Gasteiger partial charge in [0.1, 0.15) is 5.75 Å². The predicted molar refractivity (Wildman–Crippen MR) is 98.4 cm³/mol. The molecule has 1 N–H and O–H groups in total. The van der Waals surface area contributed by atoms with Gasteiger partial charge in [0.15, 0.2) is 5.65 Å². The van der Waals surface area contributed by atoms with Gasteiger partial charge in [-0.25, -0.2) is 4.98 Å². The summed E-state index contributed by atoms with van der Waals surface area (Å²) in [7, 11) is 1.74. The highest BCUT2D eigenvalue weighted by Crippen LogP contribution is 2.28. The number of carbonyl (C=O) groups is 1. The van der Waals surface area contributed by atoms with E-state index in [4.69, 9.17) is 0 Å². The molecule has 28 heavy (non-hydrogen) atoms. The first kappa shape index (κ1) is 19.7. The van der Waals surface area contributed by atoms with E-state index in [2.05, 4.69) is 20.1 Å². The van der Waals surface area contributed by atoms with Crippen molar-refractivity contribution in [2.45, 2.75) is 33.1 Å². The van der Waals surface area contributed by atoms with E-state index in [1.54, 1.807) is 24.7 Å². The Bertz CT molecular complexity index is 1040. The molecule has 0 aliphatic carbocycles. The van der Waals surface area contributed by atoms with Gasteiger partial charge in [-0.05, 0) is 31.0 Å². The van der Waals surface area contributed by atoms with Gasteiger partial charge in [0.25, 0.3) is 5.91 Å². The van der Waals surface area contributed by atoms with Crippen LogP contribution in [0.4, 0.5) is 18.9 Å². The van der Waals surface area contributed by atoms with E-state index in [1.165, 1.54) is 12.1 Å². The van der Waals surface area contributed by atoms with Gasteiger partial charge < -0.3 is 10.1 Å². The van der Waals surface area contributed by atoms with E-state index < -0.39 is 18.0 Å². The van der Waals surface area contributed by atoms with Gasteiger partial charge in [-0.15, -0.1) is 13.2 Å². The van der Waals surface area contributed by atoms with Crippen molar-refractivity contribution in [1.29, 1.82) is 0 Å². The number of fused-ring (bicyclic) bond motifs is 1. The Balaban J connectivity index is 1.99. The third-order valence-corrected chi connectivity index (χ3v) is 4.15. The second kappa shape index (κ2) is 7.14. The Kier molecular flexibility index (Phi) is 5.01. The minimum Gasteiger partial charge on any atom is -0.406 e. The molecule has 3 rings (SSSR count). The topological polar surface area (TPSA) is 69.0 Å². The SMILES string of the molecule is Cc1nn(C)c2nc(C(C)C)cc(C(=O)Nc3cccc(OC(F)(F)F)c3)c12. The lowest BCUT2D eigenvalue weighted by Crippen LogP contribution is -2.17. The Hall–Kier alpha value is -3.10. The zero-order chi connectivity index (χ0) is 20.6. The summed E-state index contributed by atoms with van der Waals surface area (Å²) in [6.07, 6.45) is -4.81. The molecule has 0 aliphatic rings. The number of rotatable bonds is 4. The van der Waals surface area contributed by atoms with Crippen LogP contribution in [0.1, 0.15) is 41.5 Å². The third-order valence-electron chi connectivity index (χ3n) is 4.15. The van der Waals surface area contributed by atoms with Crippen molar-refractivity contribution < 1.29 is 22.7 Å². The van der Waals surface area contributed by atoms with Crippen LogP contribution in [-0.4, -0.2) is 27.0 Å². The monoisotopic (exact) mass is 392 g/mol. The van der Waals surface area contributed by atoms with Crippen LogP contribution < -0.4 is 10.1 Å². The van der Waals surface area contributed by atoms with E-state index in [0.717, 1.165) is 17.8 Å². The molecule has 2 aromatic heterocycles. The molecule has 9 heteroatoms. The molecular weight excluding hydrogens is 373 g/mol. The smallest absolute Gasteiger partial charge is 0.406 e. The van der Waals surface area contributed by atoms with Crippen LogP contribution in [0.3, 0.4) is 0 Å². The summed E-state index contributed by atoms with van der Waals surface area (Å²) in [5.74, 6) is -0.796. The van der Waals surface area contributed by atoms with Crippen molar-refractivity contribution >= 4 is 22.6 Å². The average molecular weight is 392 g/mol. The van der Waals surface area contributed by atoms with Gasteiger partial charge in [-0.2, -0.15) is 5.10 Å². The standard InChI is InChI=1S/C19H19F3N4O2/c1-10(2)15-9-14(16-11(3)25-26(4)17(16)24-15)18(27)23-12-6-5-7-13(8-12)28-19(20,21)22/h5-10H,1-4H3,(H,23,27). The Labute approximate surface area is 159 Å². The van der Waals surface area contributed by atoms with Crippen LogP contribution in [0.15, 0.2) is 30.3 Å². The van der Waals surface area contributed by atoms with E-state index in [-0.39, 0.29) is 11.6 Å². The van der Waals surface area contributed by atoms with Crippen LogP contribution in [-0.2, 0) is 7.05 Å². The van der Waals surface area contributed by atoms with Gasteiger partial charge in [0.05, 0.1) is 16.6 Å². The maximum absolute atomic E-state index is 12.9. The van der Waals surface area contributed by atoms with Gasteiger partial charge in [-0.1, -0.05) is 19.9 Å². The Morgan fingerprint density at radius 3 is 2.61 bits per heavy atom. The number of hydrogen-bond acceptors (Lipinski definition) is 4. The summed E-state index contributed by atoms with van der Waals surface area (Å²) >= 11 is 0. The molecule has 0 bridgehead atoms. The molecular formula is C19H19F3N4O2. The summed E-state index contributed by atoms with van der Waals surface area (Å²) in [4.78, 5) is 17.5. The normalized spacial score (nSPS) is 11.9. The second-order valence-electron chi connectivity index (χ2n) is 6.69. The molecule has 0 spiro atoms. The van der Waals surface area contributed by atoms with E-state index in [0.29, 0.717) is 22.3 Å². The molecule has 6 nitrogen and oxygen atoms in total. The predicted octanol–water partition coefficient (Wildman–Crippen LogP) is 4.55. The molecule has 0 atom stereocenters. The van der Waals surface area contributed by atoms with E-state index >= 15 is 0 Å². The molecule has 0 fully saturated rings. The van der Waals surface area contributed by atoms with Gasteiger partial charge in [-0.3, -0.25) is 9.48 Å². The fourth-order valence-corrected chi connectivity index (χ4v) is 2.91. The number of benzene rings is 1. The van der Waals surface area contributed by atoms with E-state index in [1.807, 2.05) is 13.8 Å². The quantitative estimate of drug-likeness (QED) is 0.707. The summed E-state index contributed by atoms with van der Waals surface area (Å²) in [6, 6.07) is 6.82. The second-order valence-corrected chi connectivity index (χ2v) is 6.69. The number of pyridine rings is 1. The first-order chi connectivity index (χ1) is 13.0. The number of anilines is 1. The van der Waals surface area contributed by atoms with Crippen LogP contribution >= 0.6 is 0 Å².